The third kappa shape index (κ3) is 2.51. The summed E-state index contributed by atoms with van der Waals surface area (Å²) in [5.74, 6) is -1.77. The van der Waals surface area contributed by atoms with Crippen molar-refractivity contribution in [1.82, 2.24) is 4.90 Å². The highest BCUT2D eigenvalue weighted by Gasteiger charge is 2.41. The van der Waals surface area contributed by atoms with Crippen LogP contribution in [0.3, 0.4) is 0 Å². The second-order valence-corrected chi connectivity index (χ2v) is 5.73. The van der Waals surface area contributed by atoms with Gasteiger partial charge in [-0.05, 0) is 17.7 Å². The number of fused-ring (bicyclic) bond motifs is 1. The predicted molar refractivity (Wildman–Crippen MR) is 84.6 cm³/mol. The third-order valence-corrected chi connectivity index (χ3v) is 4.28. The van der Waals surface area contributed by atoms with Crippen molar-refractivity contribution in [1.29, 1.82) is 0 Å². The number of nitrogen functional groups attached to an aromatic ring is 1. The van der Waals surface area contributed by atoms with Gasteiger partial charge in [-0.2, -0.15) is 0 Å². The van der Waals surface area contributed by atoms with Gasteiger partial charge in [0.1, 0.15) is 5.83 Å². The van der Waals surface area contributed by atoms with Crippen molar-refractivity contribution in [3.8, 4) is 0 Å². The number of benzene rings is 1. The van der Waals surface area contributed by atoms with E-state index in [2.05, 4.69) is 0 Å². The summed E-state index contributed by atoms with van der Waals surface area (Å²) in [4.78, 5) is 26.3. The minimum atomic E-state index is -1.22. The monoisotopic (exact) mass is 332 g/mol. The van der Waals surface area contributed by atoms with Crippen LogP contribution in [0.4, 0.5) is 10.1 Å². The Morgan fingerprint density at radius 3 is 2.83 bits per heavy atom. The highest BCUT2D eigenvalue weighted by Crippen LogP contribution is 2.34. The first-order chi connectivity index (χ1) is 11.4. The quantitative estimate of drug-likeness (QED) is 0.654. The van der Waals surface area contributed by atoms with E-state index in [1.165, 1.54) is 12.0 Å². The first-order valence-electron chi connectivity index (χ1n) is 7.48. The Kier molecular flexibility index (Phi) is 4.01. The van der Waals surface area contributed by atoms with Crippen molar-refractivity contribution >= 4 is 17.6 Å². The minimum absolute atomic E-state index is 0.0466. The van der Waals surface area contributed by atoms with E-state index >= 15 is 0 Å². The van der Waals surface area contributed by atoms with Crippen molar-refractivity contribution in [2.45, 2.75) is 25.4 Å². The van der Waals surface area contributed by atoms with Gasteiger partial charge in [0.2, 0.25) is 0 Å². The fourth-order valence-corrected chi connectivity index (χ4v) is 3.10. The predicted octanol–water partition coefficient (Wildman–Crippen LogP) is 2.23. The molecule has 1 aliphatic heterocycles. The molecule has 0 saturated heterocycles. The van der Waals surface area contributed by atoms with Crippen LogP contribution in [0.15, 0.2) is 41.4 Å². The summed E-state index contributed by atoms with van der Waals surface area (Å²) in [7, 11) is 1.18. The number of halogens is 1. The van der Waals surface area contributed by atoms with Crippen LogP contribution in [-0.2, 0) is 16.1 Å². The van der Waals surface area contributed by atoms with Crippen LogP contribution >= 0.6 is 0 Å². The van der Waals surface area contributed by atoms with Gasteiger partial charge in [0.05, 0.1) is 18.4 Å². The van der Waals surface area contributed by atoms with Crippen LogP contribution < -0.4 is 5.73 Å². The summed E-state index contributed by atoms with van der Waals surface area (Å²) in [6.07, 6.45) is 1.23. The number of methoxy groups -OCH3 is 1. The molecule has 1 aromatic carbocycles. The van der Waals surface area contributed by atoms with Crippen LogP contribution in [-0.4, -0.2) is 35.0 Å². The van der Waals surface area contributed by atoms with Crippen LogP contribution in [0.5, 0.6) is 0 Å². The number of hydrogen-bond acceptors (Lipinski definition) is 5. The van der Waals surface area contributed by atoms with E-state index in [-0.39, 0.29) is 30.7 Å². The van der Waals surface area contributed by atoms with E-state index in [4.69, 9.17) is 10.5 Å². The lowest BCUT2D eigenvalue weighted by atomic mass is 9.96. The number of nitrogens with two attached hydrogens (primary N) is 1. The Morgan fingerprint density at radius 2 is 2.17 bits per heavy atom. The van der Waals surface area contributed by atoms with Gasteiger partial charge in [-0.3, -0.25) is 4.79 Å². The van der Waals surface area contributed by atoms with Gasteiger partial charge in [0.25, 0.3) is 5.91 Å². The zero-order valence-electron chi connectivity index (χ0n) is 13.1. The lowest BCUT2D eigenvalue weighted by molar-refractivity contribution is -0.144. The molecule has 0 saturated carbocycles. The van der Waals surface area contributed by atoms with Gasteiger partial charge >= 0.3 is 5.97 Å². The number of rotatable bonds is 3. The number of hydrogen-bond donors (Lipinski definition) is 2. The highest BCUT2D eigenvalue weighted by molar-refractivity contribution is 6.05. The summed E-state index contributed by atoms with van der Waals surface area (Å²) in [5, 5.41) is 10.1. The largest absolute Gasteiger partial charge is 0.512 e. The molecule has 1 atom stereocenters. The number of amides is 1. The average Bonchev–Trinajstić information content (AvgIpc) is 2.89. The molecule has 1 heterocycles. The fraction of sp³-hybridized carbons (Fsp3) is 0.294. The minimum Gasteiger partial charge on any atom is -0.512 e. The standard InChI is InChI=1S/C17H17FN2O4/c1-24-17(23)15(11-7-10(18)5-6-13(11)21)20-8-9-3-2-4-12(19)14(9)16(20)22/h2-4,7,15,21H,5-6,8,19H2,1H3. The van der Waals surface area contributed by atoms with Crippen molar-refractivity contribution < 1.29 is 23.8 Å². The van der Waals surface area contributed by atoms with Gasteiger partial charge in [-0.25, -0.2) is 9.18 Å². The smallest absolute Gasteiger partial charge is 0.333 e. The first-order valence-corrected chi connectivity index (χ1v) is 7.48. The number of aliphatic hydroxyl groups is 1. The Balaban J connectivity index is 2.05. The number of anilines is 1. The van der Waals surface area contributed by atoms with Crippen molar-refractivity contribution in [2.75, 3.05) is 12.8 Å². The molecule has 1 amide bonds. The van der Waals surface area contributed by atoms with E-state index in [0.717, 1.165) is 6.08 Å². The summed E-state index contributed by atoms with van der Waals surface area (Å²) >= 11 is 0. The molecule has 126 valence electrons. The summed E-state index contributed by atoms with van der Waals surface area (Å²) < 4.78 is 18.5. The molecular weight excluding hydrogens is 315 g/mol. The number of allylic oxidation sites excluding steroid dienone is 2. The maximum atomic E-state index is 13.7. The number of ether oxygens (including phenoxy) is 1. The molecule has 3 rings (SSSR count). The number of esters is 1. The second-order valence-electron chi connectivity index (χ2n) is 5.73. The Hall–Kier alpha value is -2.83. The van der Waals surface area contributed by atoms with Crippen molar-refractivity contribution in [3.05, 3.63) is 52.6 Å². The lowest BCUT2D eigenvalue weighted by Crippen LogP contribution is -2.44. The molecule has 1 aliphatic carbocycles. The highest BCUT2D eigenvalue weighted by atomic mass is 19.1. The molecule has 0 fully saturated rings. The maximum absolute atomic E-state index is 13.7. The average molecular weight is 332 g/mol. The van der Waals surface area contributed by atoms with E-state index < -0.39 is 23.7 Å². The number of carbonyl (C=O) groups is 2. The molecule has 0 aromatic heterocycles. The molecule has 7 heteroatoms. The van der Waals surface area contributed by atoms with Crippen LogP contribution in [0.1, 0.15) is 28.8 Å². The zero-order chi connectivity index (χ0) is 17.4. The zero-order valence-corrected chi connectivity index (χ0v) is 13.1. The molecule has 3 N–H and O–H groups in total. The van der Waals surface area contributed by atoms with Gasteiger partial charge < -0.3 is 20.5 Å². The van der Waals surface area contributed by atoms with Crippen LogP contribution in [0, 0.1) is 0 Å². The van der Waals surface area contributed by atoms with Gasteiger partial charge in [-0.15, -0.1) is 0 Å². The van der Waals surface area contributed by atoms with Gasteiger partial charge in [-0.1, -0.05) is 12.1 Å². The molecule has 1 unspecified atom stereocenters. The topological polar surface area (TPSA) is 92.9 Å². The Labute approximate surface area is 138 Å². The Morgan fingerprint density at radius 1 is 1.42 bits per heavy atom. The van der Waals surface area contributed by atoms with Crippen molar-refractivity contribution in [2.24, 2.45) is 0 Å². The number of nitrogens with zero attached hydrogens (tertiary/aromatic N) is 1. The van der Waals surface area contributed by atoms with E-state index in [1.54, 1.807) is 18.2 Å². The molecule has 24 heavy (non-hydrogen) atoms. The fourth-order valence-electron chi connectivity index (χ4n) is 3.10. The second kappa shape index (κ2) is 5.99. The summed E-state index contributed by atoms with van der Waals surface area (Å²) in [6.45, 7) is 0.130. The molecule has 2 aliphatic rings. The lowest BCUT2D eigenvalue weighted by Gasteiger charge is -2.28. The maximum Gasteiger partial charge on any atom is 0.333 e. The Bertz CT molecular complexity index is 785. The van der Waals surface area contributed by atoms with Crippen LogP contribution in [0.2, 0.25) is 0 Å². The first kappa shape index (κ1) is 16.0. The molecule has 1 aromatic rings. The van der Waals surface area contributed by atoms with Gasteiger partial charge in [0, 0.05) is 30.6 Å². The van der Waals surface area contributed by atoms with Gasteiger partial charge in [0.15, 0.2) is 6.04 Å². The molecule has 0 spiro atoms. The summed E-state index contributed by atoms with van der Waals surface area (Å²) in [5.41, 5.74) is 7.22. The normalized spacial score (nSPS) is 18.3. The van der Waals surface area contributed by atoms with Crippen molar-refractivity contribution in [3.63, 3.8) is 0 Å². The van der Waals surface area contributed by atoms with Crippen LogP contribution in [0.25, 0.3) is 0 Å². The van der Waals surface area contributed by atoms with E-state index in [1.807, 2.05) is 0 Å². The molecule has 0 bridgehead atoms. The SMILES string of the molecule is COC(=O)C(C1=C(O)CCC(F)=C1)N1Cc2cccc(N)c2C1=O. The molecule has 0 radical (unpaired) electrons. The number of carbonyl (C=O) groups excluding carboxylic acids is 2. The van der Waals surface area contributed by atoms with E-state index in [0.29, 0.717) is 16.8 Å². The third-order valence-electron chi connectivity index (χ3n) is 4.28. The number of aliphatic hydroxyl groups excluding tert-OH is 1. The molecular formula is C17H17FN2O4. The summed E-state index contributed by atoms with van der Waals surface area (Å²) in [6, 6.07) is 3.84. The molecule has 6 nitrogen and oxygen atoms in total. The van der Waals surface area contributed by atoms with E-state index in [9.17, 15) is 19.1 Å².